The summed E-state index contributed by atoms with van der Waals surface area (Å²) in [4.78, 5) is 0.417. The van der Waals surface area contributed by atoms with Gasteiger partial charge in [0.1, 0.15) is 0 Å². The molecule has 1 aliphatic heterocycles. The summed E-state index contributed by atoms with van der Waals surface area (Å²) in [7, 11) is -3.24. The molecule has 0 unspecified atom stereocenters. The standard InChI is InChI=1S/C10H11NO2S/c1-7-3-2-4-9-8(5-11)6-14(12,13)10(7)9/h2-4,6H,5,11H2,1H3. The highest BCUT2D eigenvalue weighted by Gasteiger charge is 2.27. The first-order valence-corrected chi connectivity index (χ1v) is 5.86. The van der Waals surface area contributed by atoms with E-state index in [9.17, 15) is 8.42 Å². The van der Waals surface area contributed by atoms with Crippen molar-refractivity contribution in [2.45, 2.75) is 11.8 Å². The molecule has 1 aromatic carbocycles. The van der Waals surface area contributed by atoms with Gasteiger partial charge in [0.05, 0.1) is 4.90 Å². The molecule has 0 aromatic heterocycles. The van der Waals surface area contributed by atoms with Gasteiger partial charge in [0.25, 0.3) is 0 Å². The first kappa shape index (κ1) is 9.43. The zero-order chi connectivity index (χ0) is 10.3. The van der Waals surface area contributed by atoms with Crippen molar-refractivity contribution >= 4 is 15.4 Å². The van der Waals surface area contributed by atoms with Gasteiger partial charge < -0.3 is 5.73 Å². The van der Waals surface area contributed by atoms with E-state index in [1.54, 1.807) is 19.1 Å². The van der Waals surface area contributed by atoms with Gasteiger partial charge in [-0.3, -0.25) is 0 Å². The van der Waals surface area contributed by atoms with Gasteiger partial charge in [-0.05, 0) is 23.6 Å². The number of hydrogen-bond donors (Lipinski definition) is 1. The van der Waals surface area contributed by atoms with E-state index in [0.29, 0.717) is 10.5 Å². The number of hydrogen-bond acceptors (Lipinski definition) is 3. The van der Waals surface area contributed by atoms with Crippen LogP contribution in [-0.2, 0) is 9.84 Å². The average Bonchev–Trinajstić information content (AvgIpc) is 2.39. The van der Waals surface area contributed by atoms with Crippen LogP contribution in [0.1, 0.15) is 11.1 Å². The summed E-state index contributed by atoms with van der Waals surface area (Å²) >= 11 is 0. The summed E-state index contributed by atoms with van der Waals surface area (Å²) in [6.07, 6.45) is 0. The fourth-order valence-corrected chi connectivity index (χ4v) is 3.49. The van der Waals surface area contributed by atoms with Crippen LogP contribution < -0.4 is 5.73 Å². The van der Waals surface area contributed by atoms with Crippen LogP contribution in [0.3, 0.4) is 0 Å². The molecule has 74 valence electrons. The topological polar surface area (TPSA) is 60.2 Å². The van der Waals surface area contributed by atoms with Crippen molar-refractivity contribution < 1.29 is 8.42 Å². The van der Waals surface area contributed by atoms with Gasteiger partial charge in [0.15, 0.2) is 0 Å². The predicted molar refractivity (Wildman–Crippen MR) is 55.4 cm³/mol. The molecule has 0 amide bonds. The lowest BCUT2D eigenvalue weighted by Crippen LogP contribution is -2.00. The van der Waals surface area contributed by atoms with Crippen LogP contribution in [-0.4, -0.2) is 15.0 Å². The van der Waals surface area contributed by atoms with Crippen molar-refractivity contribution in [3.05, 3.63) is 34.7 Å². The fraction of sp³-hybridized carbons (Fsp3) is 0.200. The molecule has 3 nitrogen and oxygen atoms in total. The maximum atomic E-state index is 11.7. The van der Waals surface area contributed by atoms with Gasteiger partial charge in [0, 0.05) is 12.0 Å². The van der Waals surface area contributed by atoms with Gasteiger partial charge >= 0.3 is 0 Å². The molecule has 0 atom stereocenters. The minimum absolute atomic E-state index is 0.260. The average molecular weight is 209 g/mol. The monoisotopic (exact) mass is 209 g/mol. The molecule has 1 heterocycles. The molecule has 1 aromatic rings. The van der Waals surface area contributed by atoms with E-state index in [4.69, 9.17) is 5.73 Å². The van der Waals surface area contributed by atoms with Crippen molar-refractivity contribution in [1.29, 1.82) is 0 Å². The maximum absolute atomic E-state index is 11.7. The lowest BCUT2D eigenvalue weighted by Gasteiger charge is -2.04. The SMILES string of the molecule is Cc1cccc2c1S(=O)(=O)C=C2CN. The van der Waals surface area contributed by atoms with Crippen LogP contribution in [0, 0.1) is 6.92 Å². The highest BCUT2D eigenvalue weighted by atomic mass is 32.2. The largest absolute Gasteiger partial charge is 0.326 e. The third-order valence-electron chi connectivity index (χ3n) is 2.36. The van der Waals surface area contributed by atoms with Crippen LogP contribution in [0.25, 0.3) is 5.57 Å². The van der Waals surface area contributed by atoms with E-state index in [1.165, 1.54) is 5.41 Å². The van der Waals surface area contributed by atoms with Crippen molar-refractivity contribution in [1.82, 2.24) is 0 Å². The van der Waals surface area contributed by atoms with Crippen LogP contribution >= 0.6 is 0 Å². The smallest absolute Gasteiger partial charge is 0.201 e. The quantitative estimate of drug-likeness (QED) is 0.753. The Hall–Kier alpha value is -1.13. The van der Waals surface area contributed by atoms with Crippen LogP contribution in [0.15, 0.2) is 28.5 Å². The van der Waals surface area contributed by atoms with Gasteiger partial charge in [-0.2, -0.15) is 0 Å². The molecule has 0 saturated carbocycles. The number of aryl methyl sites for hydroxylation is 1. The van der Waals surface area contributed by atoms with Crippen molar-refractivity contribution in [2.75, 3.05) is 6.54 Å². The Balaban J connectivity index is 2.82. The lowest BCUT2D eigenvalue weighted by molar-refractivity contribution is 0.605. The van der Waals surface area contributed by atoms with Gasteiger partial charge in [-0.25, -0.2) is 8.42 Å². The summed E-state index contributed by atoms with van der Waals surface area (Å²) in [5.74, 6) is 0. The Kier molecular flexibility index (Phi) is 1.97. The Morgan fingerprint density at radius 1 is 1.36 bits per heavy atom. The normalized spacial score (nSPS) is 17.7. The Morgan fingerprint density at radius 3 is 2.71 bits per heavy atom. The summed E-state index contributed by atoms with van der Waals surface area (Å²) in [6.45, 7) is 2.05. The maximum Gasteiger partial charge on any atom is 0.201 e. The van der Waals surface area contributed by atoms with Gasteiger partial charge in [-0.1, -0.05) is 18.2 Å². The Morgan fingerprint density at radius 2 is 2.07 bits per heavy atom. The molecule has 2 rings (SSSR count). The van der Waals surface area contributed by atoms with E-state index in [2.05, 4.69) is 0 Å². The number of nitrogens with two attached hydrogens (primary N) is 1. The third-order valence-corrected chi connectivity index (χ3v) is 4.07. The fourth-order valence-electron chi connectivity index (χ4n) is 1.75. The molecule has 0 bridgehead atoms. The second-order valence-corrected chi connectivity index (χ2v) is 5.08. The molecule has 0 saturated heterocycles. The second-order valence-electron chi connectivity index (χ2n) is 3.34. The van der Waals surface area contributed by atoms with E-state index in [1.807, 2.05) is 6.07 Å². The van der Waals surface area contributed by atoms with E-state index >= 15 is 0 Å². The molecule has 0 aliphatic carbocycles. The minimum Gasteiger partial charge on any atom is -0.326 e. The Labute approximate surface area is 83.2 Å². The second kappa shape index (κ2) is 2.93. The first-order chi connectivity index (χ1) is 6.56. The summed E-state index contributed by atoms with van der Waals surface area (Å²) in [5.41, 5.74) is 7.72. The first-order valence-electron chi connectivity index (χ1n) is 4.32. The zero-order valence-corrected chi connectivity index (χ0v) is 8.64. The highest BCUT2D eigenvalue weighted by Crippen LogP contribution is 2.34. The molecule has 0 fully saturated rings. The predicted octanol–water partition coefficient (Wildman–Crippen LogP) is 1.08. The highest BCUT2D eigenvalue weighted by molar-refractivity contribution is 7.95. The van der Waals surface area contributed by atoms with E-state index in [-0.39, 0.29) is 6.54 Å². The number of rotatable bonds is 1. The molecule has 2 N–H and O–H groups in total. The number of fused-ring (bicyclic) bond motifs is 1. The number of sulfone groups is 1. The molecule has 0 radical (unpaired) electrons. The van der Waals surface area contributed by atoms with Gasteiger partial charge in [0.2, 0.25) is 9.84 Å². The Bertz CT molecular complexity index is 515. The van der Waals surface area contributed by atoms with Crippen LogP contribution in [0.5, 0.6) is 0 Å². The molecule has 4 heteroatoms. The zero-order valence-electron chi connectivity index (χ0n) is 7.82. The number of benzene rings is 1. The lowest BCUT2D eigenvalue weighted by atomic mass is 10.1. The summed E-state index contributed by atoms with van der Waals surface area (Å²) in [6, 6.07) is 5.44. The summed E-state index contributed by atoms with van der Waals surface area (Å²) < 4.78 is 23.4. The van der Waals surface area contributed by atoms with E-state index in [0.717, 1.165) is 11.1 Å². The minimum atomic E-state index is -3.24. The molecular weight excluding hydrogens is 198 g/mol. The van der Waals surface area contributed by atoms with Crippen molar-refractivity contribution in [3.63, 3.8) is 0 Å². The van der Waals surface area contributed by atoms with Crippen molar-refractivity contribution in [3.8, 4) is 0 Å². The molecular formula is C10H11NO2S. The molecule has 0 spiro atoms. The van der Waals surface area contributed by atoms with Gasteiger partial charge in [-0.15, -0.1) is 0 Å². The molecule has 14 heavy (non-hydrogen) atoms. The van der Waals surface area contributed by atoms with Crippen LogP contribution in [0.2, 0.25) is 0 Å². The van der Waals surface area contributed by atoms with Crippen molar-refractivity contribution in [2.24, 2.45) is 5.73 Å². The molecule has 1 aliphatic rings. The third kappa shape index (κ3) is 1.19. The van der Waals surface area contributed by atoms with E-state index < -0.39 is 9.84 Å². The summed E-state index contributed by atoms with van der Waals surface area (Å²) in [5, 5.41) is 1.27. The van der Waals surface area contributed by atoms with Crippen LogP contribution in [0.4, 0.5) is 0 Å².